The largest absolute Gasteiger partial charge is 0.458 e. The summed E-state index contributed by atoms with van der Waals surface area (Å²) in [6.07, 6.45) is -2.37. The molecular weight excluding hydrogens is 424 g/mol. The van der Waals surface area contributed by atoms with Gasteiger partial charge in [0, 0.05) is 19.9 Å². The Bertz CT molecular complexity index is 1040. The maximum atomic E-state index is 11.1. The lowest BCUT2D eigenvalue weighted by molar-refractivity contribution is 0.160. The maximum absolute atomic E-state index is 11.1. The number of aliphatic hydroxyl groups is 2. The molecule has 23 heavy (non-hydrogen) atoms. The highest BCUT2D eigenvalue weighted by molar-refractivity contribution is 9.11. The van der Waals surface area contributed by atoms with E-state index in [9.17, 15) is 10.2 Å². The third kappa shape index (κ3) is 2.98. The molecule has 0 bridgehead atoms. The Morgan fingerprint density at radius 3 is 2.35 bits per heavy atom. The van der Waals surface area contributed by atoms with Crippen molar-refractivity contribution in [1.29, 1.82) is 0 Å². The molecule has 120 valence electrons. The molecule has 3 aromatic rings. The molecule has 2 aromatic carbocycles. The van der Waals surface area contributed by atoms with Crippen molar-refractivity contribution in [2.75, 3.05) is 0 Å². The lowest BCUT2D eigenvalue weighted by Gasteiger charge is -2.15. The van der Waals surface area contributed by atoms with Gasteiger partial charge in [0.2, 0.25) is 0 Å². The van der Waals surface area contributed by atoms with Crippen molar-refractivity contribution in [3.05, 3.63) is 67.7 Å². The molecule has 0 fully saturated rings. The summed E-state index contributed by atoms with van der Waals surface area (Å²) < 4.78 is 39.1. The number of hydrogen-bond donors (Lipinski definition) is 2. The third-order valence-corrected chi connectivity index (χ3v) is 5.32. The second-order valence-corrected chi connectivity index (χ2v) is 6.98. The van der Waals surface area contributed by atoms with Crippen molar-refractivity contribution >= 4 is 42.8 Å². The summed E-state index contributed by atoms with van der Waals surface area (Å²) in [5.41, 5.74) is 1.47. The predicted molar refractivity (Wildman–Crippen MR) is 97.5 cm³/mol. The molecule has 1 aromatic heterocycles. The molecule has 5 heteroatoms. The van der Waals surface area contributed by atoms with E-state index in [1.54, 1.807) is 12.1 Å². The molecule has 0 aliphatic carbocycles. The van der Waals surface area contributed by atoms with E-state index in [2.05, 4.69) is 31.9 Å². The van der Waals surface area contributed by atoms with E-state index in [1.807, 2.05) is 6.92 Å². The average molecular weight is 444 g/mol. The minimum atomic E-state index is -1.26. The van der Waals surface area contributed by atoms with E-state index in [0.717, 1.165) is 14.5 Å². The monoisotopic (exact) mass is 442 g/mol. The van der Waals surface area contributed by atoms with Gasteiger partial charge in [-0.05, 0) is 43.1 Å². The highest BCUT2D eigenvalue weighted by Crippen LogP contribution is 2.39. The summed E-state index contributed by atoms with van der Waals surface area (Å²) in [4.78, 5) is 0. The quantitative estimate of drug-likeness (QED) is 0.569. The summed E-state index contributed by atoms with van der Waals surface area (Å²) in [5.74, 6) is 0.0114. The fourth-order valence-corrected chi connectivity index (χ4v) is 3.65. The molecule has 1 heterocycles. The zero-order valence-corrected chi connectivity index (χ0v) is 15.5. The van der Waals surface area contributed by atoms with Crippen LogP contribution in [-0.2, 0) is 0 Å². The van der Waals surface area contributed by atoms with Gasteiger partial charge in [-0.2, -0.15) is 0 Å². The van der Waals surface area contributed by atoms with Crippen LogP contribution < -0.4 is 0 Å². The van der Waals surface area contributed by atoms with Gasteiger partial charge in [0.15, 0.2) is 0 Å². The predicted octanol–water partition coefficient (Wildman–Crippen LogP) is 5.40. The first kappa shape index (κ1) is 12.3. The molecule has 0 saturated carbocycles. The molecule has 0 amide bonds. The van der Waals surface area contributed by atoms with Crippen LogP contribution in [-0.4, -0.2) is 10.2 Å². The second kappa shape index (κ2) is 6.40. The molecule has 0 radical (unpaired) electrons. The Morgan fingerprint density at radius 1 is 1.13 bits per heavy atom. The zero-order valence-electron chi connectivity index (χ0n) is 16.4. The van der Waals surface area contributed by atoms with Crippen LogP contribution in [0.4, 0.5) is 0 Å². The van der Waals surface area contributed by atoms with E-state index >= 15 is 0 Å². The Kier molecular flexibility index (Phi) is 3.41. The SMILES string of the molecule is [2H]c1c([2H])c([2H])c2c(C(O)c3cc(Br)c(C)c(Br)c3)c(C(C)O)oc2c1[2H]. The summed E-state index contributed by atoms with van der Waals surface area (Å²) in [5, 5.41) is 21.3. The molecule has 2 N–H and O–H groups in total. The first-order valence-electron chi connectivity index (χ1n) is 8.90. The van der Waals surface area contributed by atoms with Crippen molar-refractivity contribution in [3.8, 4) is 0 Å². The van der Waals surface area contributed by atoms with Crippen LogP contribution in [0.5, 0.6) is 0 Å². The average Bonchev–Trinajstić information content (AvgIpc) is 3.02. The Balaban J connectivity index is 2.38. The van der Waals surface area contributed by atoms with Crippen molar-refractivity contribution in [1.82, 2.24) is 0 Å². The van der Waals surface area contributed by atoms with Crippen molar-refractivity contribution in [3.63, 3.8) is 0 Å². The Morgan fingerprint density at radius 2 is 1.74 bits per heavy atom. The van der Waals surface area contributed by atoms with Crippen LogP contribution in [0.25, 0.3) is 11.0 Å². The van der Waals surface area contributed by atoms with Gasteiger partial charge in [-0.15, -0.1) is 0 Å². The summed E-state index contributed by atoms with van der Waals surface area (Å²) in [6, 6.07) is 1.92. The van der Waals surface area contributed by atoms with Crippen LogP contribution >= 0.6 is 31.9 Å². The number of fused-ring (bicyclic) bond motifs is 1. The van der Waals surface area contributed by atoms with Crippen LogP contribution in [0.3, 0.4) is 0 Å². The topological polar surface area (TPSA) is 53.6 Å². The summed E-state index contributed by atoms with van der Waals surface area (Å²) in [6.45, 7) is 3.35. The first-order valence-corrected chi connectivity index (χ1v) is 8.49. The van der Waals surface area contributed by atoms with Crippen LogP contribution in [0.2, 0.25) is 0 Å². The van der Waals surface area contributed by atoms with Gasteiger partial charge >= 0.3 is 0 Å². The third-order valence-electron chi connectivity index (χ3n) is 3.67. The molecule has 2 atom stereocenters. The number of rotatable bonds is 3. The minimum absolute atomic E-state index is 0.0114. The maximum Gasteiger partial charge on any atom is 0.139 e. The van der Waals surface area contributed by atoms with Crippen molar-refractivity contribution in [2.45, 2.75) is 26.1 Å². The zero-order chi connectivity index (χ0) is 20.2. The molecule has 2 unspecified atom stereocenters. The summed E-state index contributed by atoms with van der Waals surface area (Å²) >= 11 is 6.87. The highest BCUT2D eigenvalue weighted by Gasteiger charge is 2.25. The number of benzene rings is 2. The fraction of sp³-hybridized carbons (Fsp3) is 0.222. The van der Waals surface area contributed by atoms with Crippen LogP contribution in [0.15, 0.2) is 49.7 Å². The second-order valence-electron chi connectivity index (χ2n) is 5.27. The first-order chi connectivity index (χ1) is 12.6. The molecule has 3 nitrogen and oxygen atoms in total. The molecule has 0 aliphatic heterocycles. The van der Waals surface area contributed by atoms with Crippen molar-refractivity contribution in [2.24, 2.45) is 0 Å². The Labute approximate surface area is 156 Å². The van der Waals surface area contributed by atoms with E-state index < -0.39 is 24.3 Å². The fourth-order valence-electron chi connectivity index (χ4n) is 2.43. The molecule has 3 rings (SSSR count). The summed E-state index contributed by atoms with van der Waals surface area (Å²) in [7, 11) is 0. The van der Waals surface area contributed by atoms with E-state index in [4.69, 9.17) is 9.90 Å². The molecular formula is C18H16Br2O3. The lowest BCUT2D eigenvalue weighted by Crippen LogP contribution is -2.04. The van der Waals surface area contributed by atoms with Crippen LogP contribution in [0.1, 0.15) is 47.1 Å². The van der Waals surface area contributed by atoms with Gasteiger partial charge in [0.25, 0.3) is 0 Å². The van der Waals surface area contributed by atoms with Crippen LogP contribution in [0, 0.1) is 6.92 Å². The molecule has 0 saturated heterocycles. The number of halogens is 2. The number of para-hydroxylation sites is 1. The normalized spacial score (nSPS) is 16.6. The van der Waals surface area contributed by atoms with Gasteiger partial charge in [-0.1, -0.05) is 50.0 Å². The lowest BCUT2D eigenvalue weighted by atomic mass is 9.96. The van der Waals surface area contributed by atoms with E-state index in [0.29, 0.717) is 5.56 Å². The standard InChI is InChI=1S/C18H16Br2O3/c1-9-13(19)7-11(8-14(9)20)17(22)16-12-5-3-4-6-15(12)23-18(16)10(2)21/h3-8,10,17,21-22H,1-2H3/i3D,4D,5D,6D. The number of furan rings is 1. The van der Waals surface area contributed by atoms with Gasteiger partial charge in [-0.25, -0.2) is 0 Å². The Hall–Kier alpha value is -1.14. The number of hydrogen-bond acceptors (Lipinski definition) is 3. The van der Waals surface area contributed by atoms with E-state index in [1.165, 1.54) is 6.92 Å². The van der Waals surface area contributed by atoms with Gasteiger partial charge in [-0.3, -0.25) is 0 Å². The smallest absolute Gasteiger partial charge is 0.139 e. The number of aliphatic hydroxyl groups excluding tert-OH is 2. The highest BCUT2D eigenvalue weighted by atomic mass is 79.9. The van der Waals surface area contributed by atoms with Gasteiger partial charge in [0.05, 0.1) is 5.48 Å². The molecule has 0 spiro atoms. The van der Waals surface area contributed by atoms with E-state index in [-0.39, 0.29) is 34.4 Å². The molecule has 0 aliphatic rings. The van der Waals surface area contributed by atoms with Crippen molar-refractivity contribution < 1.29 is 20.1 Å². The minimum Gasteiger partial charge on any atom is -0.458 e. The van der Waals surface area contributed by atoms with Gasteiger partial charge < -0.3 is 14.6 Å². The van der Waals surface area contributed by atoms with Gasteiger partial charge in [0.1, 0.15) is 23.6 Å².